The Morgan fingerprint density at radius 3 is 3.05 bits per heavy atom. The number of nitrogens with zero attached hydrogens (tertiary/aromatic N) is 3. The molecule has 0 amide bonds. The lowest BCUT2D eigenvalue weighted by atomic mass is 10.1. The predicted molar refractivity (Wildman–Crippen MR) is 84.0 cm³/mol. The smallest absolute Gasteiger partial charge is 0.226 e. The van der Waals surface area contributed by atoms with E-state index in [-0.39, 0.29) is 0 Å². The number of para-hydroxylation sites is 1. The molecule has 1 N–H and O–H groups in total. The van der Waals surface area contributed by atoms with Crippen LogP contribution in [0.1, 0.15) is 12.5 Å². The van der Waals surface area contributed by atoms with E-state index < -0.39 is 0 Å². The number of ether oxygens (including phenoxy) is 1. The molecule has 110 valence electrons. The van der Waals surface area contributed by atoms with Crippen LogP contribution in [-0.2, 0) is 6.42 Å². The molecule has 1 aliphatic rings. The Labute approximate surface area is 125 Å². The fraction of sp³-hybridized carbons (Fsp3) is 0.375. The number of rotatable bonds is 5. The third-order valence-electron chi connectivity index (χ3n) is 3.82. The number of fused-ring (bicyclic) bond motifs is 1. The second-order valence-electron chi connectivity index (χ2n) is 5.22. The van der Waals surface area contributed by atoms with Crippen LogP contribution in [0.4, 0.5) is 11.6 Å². The summed E-state index contributed by atoms with van der Waals surface area (Å²) in [6.45, 7) is 3.99. The van der Waals surface area contributed by atoms with E-state index in [1.54, 1.807) is 19.4 Å². The molecule has 3 rings (SSSR count). The summed E-state index contributed by atoms with van der Waals surface area (Å²) in [4.78, 5) is 10.9. The Bertz CT molecular complexity index is 617. The lowest BCUT2D eigenvalue weighted by Crippen LogP contribution is -2.33. The van der Waals surface area contributed by atoms with Gasteiger partial charge in [0.2, 0.25) is 11.8 Å². The standard InChI is InChI=1S/C16H20N4O/c1-12-11-13-5-3-4-6-14(13)20(12)10-9-18-16-17-8-7-15(19-16)21-2/h3-8,12H,9-11H2,1-2H3,(H,17,18,19). The maximum Gasteiger partial charge on any atom is 0.226 e. The summed E-state index contributed by atoms with van der Waals surface area (Å²) in [7, 11) is 1.61. The van der Waals surface area contributed by atoms with E-state index in [2.05, 4.69) is 51.4 Å². The SMILES string of the molecule is COc1ccnc(NCCN2c3ccccc3CC2C)n1. The van der Waals surface area contributed by atoms with Gasteiger partial charge in [-0.3, -0.25) is 0 Å². The van der Waals surface area contributed by atoms with Gasteiger partial charge in [-0.15, -0.1) is 0 Å². The zero-order chi connectivity index (χ0) is 14.7. The van der Waals surface area contributed by atoms with Crippen molar-refractivity contribution in [1.82, 2.24) is 9.97 Å². The van der Waals surface area contributed by atoms with E-state index in [0.717, 1.165) is 19.5 Å². The van der Waals surface area contributed by atoms with Crippen molar-refractivity contribution in [1.29, 1.82) is 0 Å². The van der Waals surface area contributed by atoms with Gasteiger partial charge in [0.05, 0.1) is 7.11 Å². The van der Waals surface area contributed by atoms with Gasteiger partial charge in [-0.2, -0.15) is 4.98 Å². The highest BCUT2D eigenvalue weighted by atomic mass is 16.5. The van der Waals surface area contributed by atoms with Gasteiger partial charge in [-0.25, -0.2) is 4.98 Å². The average Bonchev–Trinajstić information content (AvgIpc) is 2.83. The average molecular weight is 284 g/mol. The molecule has 0 saturated carbocycles. The molecule has 2 aromatic rings. The van der Waals surface area contributed by atoms with Gasteiger partial charge in [-0.1, -0.05) is 18.2 Å². The van der Waals surface area contributed by atoms with Crippen LogP contribution in [0.2, 0.25) is 0 Å². The molecule has 0 aliphatic carbocycles. The van der Waals surface area contributed by atoms with Crippen molar-refractivity contribution in [3.8, 4) is 5.88 Å². The zero-order valence-corrected chi connectivity index (χ0v) is 12.4. The summed E-state index contributed by atoms with van der Waals surface area (Å²) in [5.74, 6) is 1.18. The van der Waals surface area contributed by atoms with Gasteiger partial charge in [-0.05, 0) is 25.0 Å². The number of anilines is 2. The number of nitrogens with one attached hydrogen (secondary N) is 1. The van der Waals surface area contributed by atoms with Gasteiger partial charge in [0.25, 0.3) is 0 Å². The first kappa shape index (κ1) is 13.7. The van der Waals surface area contributed by atoms with Crippen LogP contribution in [0.25, 0.3) is 0 Å². The van der Waals surface area contributed by atoms with Crippen LogP contribution in [0.15, 0.2) is 36.5 Å². The van der Waals surface area contributed by atoms with Crippen LogP contribution in [0, 0.1) is 0 Å². The predicted octanol–water partition coefficient (Wildman–Crippen LogP) is 2.35. The summed E-state index contributed by atoms with van der Waals surface area (Å²) in [5, 5.41) is 3.25. The normalized spacial score (nSPS) is 16.7. The first-order chi connectivity index (χ1) is 10.3. The molecule has 1 unspecified atom stereocenters. The number of benzene rings is 1. The second-order valence-corrected chi connectivity index (χ2v) is 5.22. The summed E-state index contributed by atoms with van der Waals surface area (Å²) >= 11 is 0. The van der Waals surface area contributed by atoms with Crippen molar-refractivity contribution >= 4 is 11.6 Å². The minimum Gasteiger partial charge on any atom is -0.481 e. The van der Waals surface area contributed by atoms with Crippen LogP contribution in [-0.4, -0.2) is 36.2 Å². The van der Waals surface area contributed by atoms with Gasteiger partial charge in [0.15, 0.2) is 0 Å². The second kappa shape index (κ2) is 5.99. The molecule has 0 radical (unpaired) electrons. The van der Waals surface area contributed by atoms with E-state index in [1.165, 1.54) is 11.3 Å². The molecular weight excluding hydrogens is 264 g/mol. The van der Waals surface area contributed by atoms with Crippen molar-refractivity contribution < 1.29 is 4.74 Å². The van der Waals surface area contributed by atoms with Crippen LogP contribution in [0.5, 0.6) is 5.88 Å². The van der Waals surface area contributed by atoms with Crippen molar-refractivity contribution in [2.75, 3.05) is 30.4 Å². The summed E-state index contributed by atoms with van der Waals surface area (Å²) in [6.07, 6.45) is 2.81. The first-order valence-corrected chi connectivity index (χ1v) is 7.23. The largest absolute Gasteiger partial charge is 0.481 e. The third kappa shape index (κ3) is 2.91. The van der Waals surface area contributed by atoms with E-state index in [1.807, 2.05) is 0 Å². The highest BCUT2D eigenvalue weighted by Crippen LogP contribution is 2.31. The molecular formula is C16H20N4O. The molecule has 5 heteroatoms. The Kier molecular flexibility index (Phi) is 3.90. The van der Waals surface area contributed by atoms with Gasteiger partial charge >= 0.3 is 0 Å². The van der Waals surface area contributed by atoms with Gasteiger partial charge < -0.3 is 15.0 Å². The lowest BCUT2D eigenvalue weighted by molar-refractivity contribution is 0.397. The fourth-order valence-electron chi connectivity index (χ4n) is 2.80. The molecule has 0 spiro atoms. The lowest BCUT2D eigenvalue weighted by Gasteiger charge is -2.25. The Morgan fingerprint density at radius 1 is 1.33 bits per heavy atom. The van der Waals surface area contributed by atoms with E-state index in [0.29, 0.717) is 17.9 Å². The number of hydrogen-bond acceptors (Lipinski definition) is 5. The Hall–Kier alpha value is -2.30. The first-order valence-electron chi connectivity index (χ1n) is 7.23. The molecule has 1 aromatic heterocycles. The maximum atomic E-state index is 5.10. The zero-order valence-electron chi connectivity index (χ0n) is 12.4. The minimum absolute atomic E-state index is 0.537. The minimum atomic E-state index is 0.537. The van der Waals surface area contributed by atoms with E-state index in [9.17, 15) is 0 Å². The van der Waals surface area contributed by atoms with Crippen molar-refractivity contribution in [3.05, 3.63) is 42.1 Å². The molecule has 2 heterocycles. The third-order valence-corrected chi connectivity index (χ3v) is 3.82. The molecule has 1 aromatic carbocycles. The van der Waals surface area contributed by atoms with Gasteiger partial charge in [0, 0.05) is 37.1 Å². The fourth-order valence-corrected chi connectivity index (χ4v) is 2.80. The number of hydrogen-bond donors (Lipinski definition) is 1. The monoisotopic (exact) mass is 284 g/mol. The topological polar surface area (TPSA) is 50.3 Å². The summed E-state index contributed by atoms with van der Waals surface area (Å²) in [6, 6.07) is 10.9. The molecule has 1 atom stereocenters. The number of aromatic nitrogens is 2. The molecule has 1 aliphatic heterocycles. The molecule has 0 bridgehead atoms. The van der Waals surface area contributed by atoms with Crippen molar-refractivity contribution in [2.24, 2.45) is 0 Å². The van der Waals surface area contributed by atoms with E-state index >= 15 is 0 Å². The number of methoxy groups -OCH3 is 1. The van der Waals surface area contributed by atoms with Gasteiger partial charge in [0.1, 0.15) is 0 Å². The summed E-state index contributed by atoms with van der Waals surface area (Å²) in [5.41, 5.74) is 2.78. The molecule has 0 saturated heterocycles. The van der Waals surface area contributed by atoms with Crippen molar-refractivity contribution in [2.45, 2.75) is 19.4 Å². The molecule has 0 fully saturated rings. The highest BCUT2D eigenvalue weighted by molar-refractivity contribution is 5.59. The maximum absolute atomic E-state index is 5.10. The Balaban J connectivity index is 1.60. The van der Waals surface area contributed by atoms with Crippen molar-refractivity contribution in [3.63, 3.8) is 0 Å². The quantitative estimate of drug-likeness (QED) is 0.913. The molecule has 21 heavy (non-hydrogen) atoms. The Morgan fingerprint density at radius 2 is 2.19 bits per heavy atom. The van der Waals surface area contributed by atoms with Crippen LogP contribution in [0.3, 0.4) is 0 Å². The molecule has 5 nitrogen and oxygen atoms in total. The van der Waals surface area contributed by atoms with Crippen LogP contribution < -0.4 is 15.0 Å². The summed E-state index contributed by atoms with van der Waals surface area (Å²) < 4.78 is 5.10. The van der Waals surface area contributed by atoms with E-state index in [4.69, 9.17) is 4.74 Å². The highest BCUT2D eigenvalue weighted by Gasteiger charge is 2.24. The van der Waals surface area contributed by atoms with Crippen LogP contribution >= 0.6 is 0 Å².